The first kappa shape index (κ1) is 20.9. The van der Waals surface area contributed by atoms with E-state index < -0.39 is 5.76 Å². The maximum atomic E-state index is 12.6. The zero-order chi connectivity index (χ0) is 21.8. The lowest BCUT2D eigenvalue weighted by molar-refractivity contribution is 0.102. The van der Waals surface area contributed by atoms with Gasteiger partial charge in [-0.3, -0.25) is 4.79 Å². The van der Waals surface area contributed by atoms with Crippen LogP contribution in [0.25, 0.3) is 5.65 Å². The predicted molar refractivity (Wildman–Crippen MR) is 117 cm³/mol. The van der Waals surface area contributed by atoms with Gasteiger partial charge in [0.05, 0.1) is 5.69 Å². The largest absolute Gasteiger partial charge is 0.487 e. The molecular weight excluding hydrogens is 420 g/mol. The van der Waals surface area contributed by atoms with Gasteiger partial charge < -0.3 is 14.5 Å². The normalized spacial score (nSPS) is 11.1. The standard InChI is InChI=1S/C23H19F2N3O2S/c1-15-4-3-11-28-13-18(26-21(15)28)14-30-19-6-2-5-16(12-19)22(29)27-17-7-9-20(10-8-17)31-23(24)25/h2-13,23H,14H2,1H3,(H,27,29). The number of thioether (sulfide) groups is 1. The number of fused-ring (bicyclic) bond motifs is 1. The number of hydrogen-bond donors (Lipinski definition) is 1. The summed E-state index contributed by atoms with van der Waals surface area (Å²) in [6.45, 7) is 2.27. The monoisotopic (exact) mass is 439 g/mol. The highest BCUT2D eigenvalue weighted by Gasteiger charge is 2.10. The number of halogens is 2. The first-order valence-electron chi connectivity index (χ1n) is 9.50. The Morgan fingerprint density at radius 3 is 2.71 bits per heavy atom. The van der Waals surface area contributed by atoms with E-state index in [-0.39, 0.29) is 12.5 Å². The molecule has 8 heteroatoms. The molecule has 31 heavy (non-hydrogen) atoms. The Morgan fingerprint density at radius 2 is 1.97 bits per heavy atom. The van der Waals surface area contributed by atoms with Gasteiger partial charge in [-0.2, -0.15) is 8.78 Å². The van der Waals surface area contributed by atoms with Gasteiger partial charge in [-0.1, -0.05) is 23.9 Å². The third kappa shape index (κ3) is 5.21. The average Bonchev–Trinajstić information content (AvgIpc) is 3.18. The van der Waals surface area contributed by atoms with Crippen LogP contribution in [0.3, 0.4) is 0 Å². The molecule has 0 unspecified atom stereocenters. The molecule has 5 nitrogen and oxygen atoms in total. The van der Waals surface area contributed by atoms with Crippen molar-refractivity contribution in [1.29, 1.82) is 0 Å². The van der Waals surface area contributed by atoms with Crippen LogP contribution in [0.4, 0.5) is 14.5 Å². The molecule has 0 saturated heterocycles. The number of nitrogens with zero attached hydrogens (tertiary/aromatic N) is 2. The first-order valence-corrected chi connectivity index (χ1v) is 10.4. The van der Waals surface area contributed by atoms with Crippen molar-refractivity contribution in [3.05, 3.63) is 89.9 Å². The molecule has 0 radical (unpaired) electrons. The Bertz CT molecular complexity index is 1210. The van der Waals surface area contributed by atoms with E-state index in [0.29, 0.717) is 33.7 Å². The second-order valence-electron chi connectivity index (χ2n) is 6.83. The Hall–Kier alpha value is -3.39. The first-order chi connectivity index (χ1) is 15.0. The number of nitrogens with one attached hydrogen (secondary N) is 1. The highest BCUT2D eigenvalue weighted by Crippen LogP contribution is 2.26. The van der Waals surface area contributed by atoms with E-state index in [1.165, 1.54) is 0 Å². The summed E-state index contributed by atoms with van der Waals surface area (Å²) in [4.78, 5) is 17.6. The fourth-order valence-corrected chi connectivity index (χ4v) is 3.58. The van der Waals surface area contributed by atoms with Crippen LogP contribution >= 0.6 is 11.8 Å². The smallest absolute Gasteiger partial charge is 0.288 e. The average molecular weight is 439 g/mol. The number of ether oxygens (including phenoxy) is 1. The van der Waals surface area contributed by atoms with Gasteiger partial charge in [-0.15, -0.1) is 0 Å². The quantitative estimate of drug-likeness (QED) is 0.371. The molecule has 0 aliphatic rings. The minimum atomic E-state index is -2.48. The number of benzene rings is 2. The topological polar surface area (TPSA) is 55.6 Å². The summed E-state index contributed by atoms with van der Waals surface area (Å²) in [6.07, 6.45) is 3.84. The van der Waals surface area contributed by atoms with Gasteiger partial charge in [0.25, 0.3) is 11.7 Å². The lowest BCUT2D eigenvalue weighted by Gasteiger charge is -2.09. The molecule has 0 aliphatic heterocycles. The molecule has 0 fully saturated rings. The van der Waals surface area contributed by atoms with Crippen LogP contribution in [-0.2, 0) is 6.61 Å². The summed E-state index contributed by atoms with van der Waals surface area (Å²) in [5, 5.41) is 2.76. The van der Waals surface area contributed by atoms with E-state index in [4.69, 9.17) is 4.74 Å². The summed E-state index contributed by atoms with van der Waals surface area (Å²) in [5.41, 5.74) is 3.69. The molecule has 158 valence electrons. The van der Waals surface area contributed by atoms with Crippen molar-refractivity contribution < 1.29 is 18.3 Å². The minimum Gasteiger partial charge on any atom is -0.487 e. The molecule has 0 aliphatic carbocycles. The van der Waals surface area contributed by atoms with Crippen molar-refractivity contribution in [1.82, 2.24) is 9.38 Å². The molecule has 2 heterocycles. The summed E-state index contributed by atoms with van der Waals surface area (Å²) in [7, 11) is 0. The number of aromatic nitrogens is 2. The number of carbonyl (C=O) groups is 1. The van der Waals surface area contributed by atoms with E-state index in [9.17, 15) is 13.6 Å². The number of rotatable bonds is 7. The van der Waals surface area contributed by atoms with Crippen molar-refractivity contribution in [2.75, 3.05) is 5.32 Å². The second kappa shape index (κ2) is 9.18. The van der Waals surface area contributed by atoms with E-state index in [2.05, 4.69) is 10.3 Å². The number of hydrogen-bond acceptors (Lipinski definition) is 4. The molecule has 4 aromatic rings. The zero-order valence-corrected chi connectivity index (χ0v) is 17.4. The number of anilines is 1. The predicted octanol–water partition coefficient (Wildman–Crippen LogP) is 5.79. The van der Waals surface area contributed by atoms with Gasteiger partial charge in [-0.25, -0.2) is 4.98 Å². The Labute approximate surface area is 182 Å². The Morgan fingerprint density at radius 1 is 1.16 bits per heavy atom. The van der Waals surface area contributed by atoms with Crippen LogP contribution in [-0.4, -0.2) is 21.0 Å². The van der Waals surface area contributed by atoms with Crippen LogP contribution in [0.1, 0.15) is 21.6 Å². The van der Waals surface area contributed by atoms with E-state index in [1.807, 2.05) is 35.9 Å². The van der Waals surface area contributed by atoms with E-state index in [1.54, 1.807) is 48.5 Å². The maximum Gasteiger partial charge on any atom is 0.288 e. The van der Waals surface area contributed by atoms with Gasteiger partial charge >= 0.3 is 0 Å². The van der Waals surface area contributed by atoms with Crippen molar-refractivity contribution >= 4 is 29.0 Å². The number of alkyl halides is 2. The van der Waals surface area contributed by atoms with Crippen LogP contribution < -0.4 is 10.1 Å². The summed E-state index contributed by atoms with van der Waals surface area (Å²) < 4.78 is 32.6. The Kier molecular flexibility index (Phi) is 6.18. The van der Waals surface area contributed by atoms with E-state index in [0.717, 1.165) is 16.9 Å². The van der Waals surface area contributed by atoms with Crippen molar-refractivity contribution in [3.63, 3.8) is 0 Å². The number of aryl methyl sites for hydroxylation is 1. The summed E-state index contributed by atoms with van der Waals surface area (Å²) in [6, 6.07) is 17.1. The molecule has 0 bridgehead atoms. The SMILES string of the molecule is Cc1cccn2cc(COc3cccc(C(=O)Nc4ccc(SC(F)F)cc4)c3)nc12. The lowest BCUT2D eigenvalue weighted by atomic mass is 10.2. The third-order valence-electron chi connectivity index (χ3n) is 4.55. The molecule has 2 aromatic heterocycles. The van der Waals surface area contributed by atoms with E-state index >= 15 is 0 Å². The molecule has 0 saturated carbocycles. The highest BCUT2D eigenvalue weighted by molar-refractivity contribution is 7.99. The van der Waals surface area contributed by atoms with Crippen molar-refractivity contribution in [2.24, 2.45) is 0 Å². The summed E-state index contributed by atoms with van der Waals surface area (Å²) in [5.74, 6) is -2.25. The molecule has 4 rings (SSSR count). The number of amides is 1. The molecular formula is C23H19F2N3O2S. The van der Waals surface area contributed by atoms with Crippen LogP contribution in [0.2, 0.25) is 0 Å². The Balaban J connectivity index is 1.40. The van der Waals surface area contributed by atoms with Crippen LogP contribution in [0, 0.1) is 6.92 Å². The van der Waals surface area contributed by atoms with Crippen LogP contribution in [0.15, 0.2) is 78.0 Å². The van der Waals surface area contributed by atoms with Gasteiger partial charge in [0.1, 0.15) is 18.0 Å². The molecule has 1 N–H and O–H groups in total. The molecule has 0 spiro atoms. The molecule has 1 amide bonds. The van der Waals surface area contributed by atoms with Crippen LogP contribution in [0.5, 0.6) is 5.75 Å². The van der Waals surface area contributed by atoms with Gasteiger partial charge in [0.15, 0.2) is 0 Å². The summed E-state index contributed by atoms with van der Waals surface area (Å²) >= 11 is 0.461. The number of imidazole rings is 1. The number of pyridine rings is 1. The van der Waals surface area contributed by atoms with Crippen molar-refractivity contribution in [2.45, 2.75) is 24.2 Å². The van der Waals surface area contributed by atoms with Gasteiger partial charge in [0, 0.05) is 28.5 Å². The lowest BCUT2D eigenvalue weighted by Crippen LogP contribution is -2.12. The minimum absolute atomic E-state index is 0.273. The maximum absolute atomic E-state index is 12.6. The highest BCUT2D eigenvalue weighted by atomic mass is 32.2. The molecule has 2 aromatic carbocycles. The fourth-order valence-electron chi connectivity index (χ4n) is 3.08. The fraction of sp³-hybridized carbons (Fsp3) is 0.130. The molecule has 0 atom stereocenters. The number of carbonyl (C=O) groups excluding carboxylic acids is 1. The zero-order valence-electron chi connectivity index (χ0n) is 16.6. The van der Waals surface area contributed by atoms with Gasteiger partial charge in [0.2, 0.25) is 0 Å². The van der Waals surface area contributed by atoms with Gasteiger partial charge in [-0.05, 0) is 61.0 Å². The third-order valence-corrected chi connectivity index (χ3v) is 5.27. The van der Waals surface area contributed by atoms with Crippen molar-refractivity contribution in [3.8, 4) is 5.75 Å². The second-order valence-corrected chi connectivity index (χ2v) is 7.89.